The summed E-state index contributed by atoms with van der Waals surface area (Å²) in [5.41, 5.74) is 1.20. The topological polar surface area (TPSA) is 77.8 Å². The Labute approximate surface area is 118 Å². The van der Waals surface area contributed by atoms with Crippen molar-refractivity contribution < 1.29 is 0 Å². The number of hydrogen-bond donors (Lipinski definition) is 3. The van der Waals surface area contributed by atoms with Gasteiger partial charge in [-0.15, -0.1) is 0 Å². The van der Waals surface area contributed by atoms with E-state index in [1.807, 2.05) is 18.4 Å². The number of rotatable bonds is 3. The number of H-pyrrole nitrogens is 2. The van der Waals surface area contributed by atoms with Crippen LogP contribution >= 0.6 is 11.3 Å². The van der Waals surface area contributed by atoms with Gasteiger partial charge in [0, 0.05) is 11.7 Å². The zero-order valence-corrected chi connectivity index (χ0v) is 11.6. The number of aromatic nitrogens is 2. The smallest absolute Gasteiger partial charge is 0.272 e. The third-order valence-electron chi connectivity index (χ3n) is 3.24. The van der Waals surface area contributed by atoms with Crippen molar-refractivity contribution in [2.24, 2.45) is 0 Å². The summed E-state index contributed by atoms with van der Waals surface area (Å²) in [4.78, 5) is 23.7. The quantitative estimate of drug-likeness (QED) is 0.692. The molecular formula is C14H13N3O2S. The molecule has 0 saturated heterocycles. The Kier molecular flexibility index (Phi) is 3.15. The van der Waals surface area contributed by atoms with Crippen molar-refractivity contribution in [3.63, 3.8) is 0 Å². The van der Waals surface area contributed by atoms with E-state index < -0.39 is 0 Å². The number of benzene rings is 1. The lowest BCUT2D eigenvalue weighted by Crippen LogP contribution is -2.20. The molecule has 102 valence electrons. The average Bonchev–Trinajstić information content (AvgIpc) is 2.97. The summed E-state index contributed by atoms with van der Waals surface area (Å²) >= 11 is 1.62. The highest BCUT2D eigenvalue weighted by atomic mass is 32.1. The summed E-state index contributed by atoms with van der Waals surface area (Å²) in [6.07, 6.45) is 0. The molecule has 0 amide bonds. The van der Waals surface area contributed by atoms with Gasteiger partial charge < -0.3 is 5.32 Å². The predicted octanol–water partition coefficient (Wildman–Crippen LogP) is 2.45. The molecule has 2 aromatic heterocycles. The van der Waals surface area contributed by atoms with Crippen LogP contribution in [0.2, 0.25) is 0 Å². The van der Waals surface area contributed by atoms with Crippen LogP contribution in [0.4, 0.5) is 5.69 Å². The zero-order valence-electron chi connectivity index (χ0n) is 10.8. The molecule has 3 rings (SSSR count). The van der Waals surface area contributed by atoms with Gasteiger partial charge in [0.25, 0.3) is 11.1 Å². The molecule has 2 heterocycles. The molecule has 6 heteroatoms. The van der Waals surface area contributed by atoms with Crippen molar-refractivity contribution in [1.29, 1.82) is 0 Å². The Bertz CT molecular complexity index is 849. The number of fused-ring (bicyclic) bond motifs is 1. The fourth-order valence-electron chi connectivity index (χ4n) is 2.19. The van der Waals surface area contributed by atoms with Gasteiger partial charge in [0.05, 0.1) is 10.8 Å². The second-order valence-corrected chi connectivity index (χ2v) is 5.34. The van der Waals surface area contributed by atoms with E-state index in [9.17, 15) is 9.59 Å². The van der Waals surface area contributed by atoms with Crippen LogP contribution in [0.25, 0.3) is 10.8 Å². The van der Waals surface area contributed by atoms with Crippen LogP contribution in [-0.4, -0.2) is 10.2 Å². The van der Waals surface area contributed by atoms with Crippen molar-refractivity contribution in [2.45, 2.75) is 13.0 Å². The number of hydrogen-bond acceptors (Lipinski definition) is 4. The molecule has 0 fully saturated rings. The number of nitrogens with one attached hydrogen (secondary N) is 3. The highest BCUT2D eigenvalue weighted by Gasteiger charge is 2.11. The molecule has 1 aromatic carbocycles. The van der Waals surface area contributed by atoms with Gasteiger partial charge in [0.1, 0.15) is 0 Å². The van der Waals surface area contributed by atoms with Crippen molar-refractivity contribution in [3.05, 3.63) is 61.3 Å². The van der Waals surface area contributed by atoms with E-state index in [0.29, 0.717) is 16.5 Å². The van der Waals surface area contributed by atoms with Crippen LogP contribution in [0.3, 0.4) is 0 Å². The third kappa shape index (κ3) is 2.14. The maximum Gasteiger partial charge on any atom is 0.272 e. The molecule has 3 N–H and O–H groups in total. The Hall–Kier alpha value is -2.34. The van der Waals surface area contributed by atoms with Crippen LogP contribution in [-0.2, 0) is 0 Å². The standard InChI is InChI=1S/C14H13N3O2S/c1-8(9-5-6-20-7-9)15-11-4-2-3-10-12(11)14(19)17-16-13(10)18/h2-8,15H,1H3,(H,16,18)(H,17,19). The Morgan fingerprint density at radius 1 is 1.15 bits per heavy atom. The Morgan fingerprint density at radius 3 is 2.70 bits per heavy atom. The second kappa shape index (κ2) is 4.97. The molecule has 0 aliphatic heterocycles. The van der Waals surface area contributed by atoms with Crippen molar-refractivity contribution >= 4 is 27.8 Å². The molecule has 1 unspecified atom stereocenters. The van der Waals surface area contributed by atoms with Crippen molar-refractivity contribution in [2.75, 3.05) is 5.32 Å². The second-order valence-electron chi connectivity index (χ2n) is 4.56. The fourth-order valence-corrected chi connectivity index (χ4v) is 2.94. The lowest BCUT2D eigenvalue weighted by molar-refractivity contribution is 0.891. The Morgan fingerprint density at radius 2 is 1.95 bits per heavy atom. The molecule has 0 saturated carbocycles. The first-order valence-electron chi connectivity index (χ1n) is 6.19. The normalized spacial score (nSPS) is 12.4. The average molecular weight is 287 g/mol. The van der Waals surface area contributed by atoms with Gasteiger partial charge in [-0.3, -0.25) is 19.8 Å². The van der Waals surface area contributed by atoms with Gasteiger partial charge in [-0.1, -0.05) is 6.07 Å². The molecule has 20 heavy (non-hydrogen) atoms. The molecular weight excluding hydrogens is 274 g/mol. The van der Waals surface area contributed by atoms with Gasteiger partial charge >= 0.3 is 0 Å². The van der Waals surface area contributed by atoms with Gasteiger partial charge in [-0.05, 0) is 41.4 Å². The number of thiophene rings is 1. The van der Waals surface area contributed by atoms with Crippen LogP contribution in [0.15, 0.2) is 44.6 Å². The summed E-state index contributed by atoms with van der Waals surface area (Å²) in [6.45, 7) is 2.02. The van der Waals surface area contributed by atoms with Crippen LogP contribution in [0.5, 0.6) is 0 Å². The highest BCUT2D eigenvalue weighted by Crippen LogP contribution is 2.24. The molecule has 3 aromatic rings. The zero-order chi connectivity index (χ0) is 14.1. The summed E-state index contributed by atoms with van der Waals surface area (Å²) < 4.78 is 0. The maximum atomic E-state index is 12.0. The third-order valence-corrected chi connectivity index (χ3v) is 3.94. The molecule has 5 nitrogen and oxygen atoms in total. The molecule has 0 bridgehead atoms. The first-order chi connectivity index (χ1) is 9.66. The van der Waals surface area contributed by atoms with E-state index in [2.05, 4.69) is 20.9 Å². The van der Waals surface area contributed by atoms with E-state index in [4.69, 9.17) is 0 Å². The van der Waals surface area contributed by atoms with Gasteiger partial charge in [-0.2, -0.15) is 11.3 Å². The fraction of sp³-hybridized carbons (Fsp3) is 0.143. The monoisotopic (exact) mass is 287 g/mol. The van der Waals surface area contributed by atoms with Gasteiger partial charge in [0.15, 0.2) is 0 Å². The van der Waals surface area contributed by atoms with E-state index >= 15 is 0 Å². The SMILES string of the molecule is CC(Nc1cccc2c(=O)[nH][nH]c(=O)c12)c1ccsc1. The molecule has 1 atom stereocenters. The maximum absolute atomic E-state index is 12.0. The predicted molar refractivity (Wildman–Crippen MR) is 81.5 cm³/mol. The summed E-state index contributed by atoms with van der Waals surface area (Å²) in [6, 6.07) is 7.30. The summed E-state index contributed by atoms with van der Waals surface area (Å²) in [5, 5.41) is 12.8. The molecule has 0 aliphatic carbocycles. The van der Waals surface area contributed by atoms with E-state index in [0.717, 1.165) is 5.56 Å². The number of anilines is 1. The minimum absolute atomic E-state index is 0.0607. The van der Waals surface area contributed by atoms with Crippen LogP contribution < -0.4 is 16.4 Å². The van der Waals surface area contributed by atoms with Crippen molar-refractivity contribution in [3.8, 4) is 0 Å². The first kappa shape index (κ1) is 12.7. The lowest BCUT2D eigenvalue weighted by Gasteiger charge is -2.15. The number of aromatic amines is 2. The first-order valence-corrected chi connectivity index (χ1v) is 7.13. The summed E-state index contributed by atoms with van der Waals surface area (Å²) in [5.74, 6) is 0. The van der Waals surface area contributed by atoms with Gasteiger partial charge in [0.2, 0.25) is 0 Å². The van der Waals surface area contributed by atoms with Gasteiger partial charge in [-0.25, -0.2) is 0 Å². The van der Waals surface area contributed by atoms with Crippen LogP contribution in [0.1, 0.15) is 18.5 Å². The molecule has 0 aliphatic rings. The highest BCUT2D eigenvalue weighted by molar-refractivity contribution is 7.08. The van der Waals surface area contributed by atoms with E-state index in [1.54, 1.807) is 29.5 Å². The largest absolute Gasteiger partial charge is 0.378 e. The van der Waals surface area contributed by atoms with E-state index in [-0.39, 0.29) is 17.2 Å². The molecule has 0 radical (unpaired) electrons. The lowest BCUT2D eigenvalue weighted by atomic mass is 10.1. The molecule has 0 spiro atoms. The Balaban J connectivity index is 2.11. The minimum Gasteiger partial charge on any atom is -0.378 e. The summed E-state index contributed by atoms with van der Waals surface area (Å²) in [7, 11) is 0. The van der Waals surface area contributed by atoms with E-state index in [1.165, 1.54) is 0 Å². The minimum atomic E-state index is -0.305. The van der Waals surface area contributed by atoms with Crippen LogP contribution in [0, 0.1) is 0 Å². The van der Waals surface area contributed by atoms with Crippen molar-refractivity contribution in [1.82, 2.24) is 10.2 Å².